The molecule has 0 aromatic heterocycles. The zero-order valence-corrected chi connectivity index (χ0v) is 3.27. The van der Waals surface area contributed by atoms with Gasteiger partial charge in [-0.1, -0.05) is 0 Å². The molecule has 0 atom stereocenters. The van der Waals surface area contributed by atoms with Crippen LogP contribution < -0.4 is 5.32 Å². The fraction of sp³-hybridized carbons (Fsp3) is 0.667. The highest BCUT2D eigenvalue weighted by atomic mass is 16.1. The predicted molar refractivity (Wildman–Crippen MR) is 18.5 cm³/mol. The van der Waals surface area contributed by atoms with Crippen molar-refractivity contribution in [1.82, 2.24) is 0 Å². The Morgan fingerprint density at radius 2 is 2.60 bits per heavy atom. The minimum Gasteiger partial charge on any atom is -0.286 e. The topological polar surface area (TPSA) is 33.7 Å². The van der Waals surface area contributed by atoms with Crippen molar-refractivity contribution in [3.8, 4) is 0 Å². The molecule has 2 N–H and O–H groups in total. The van der Waals surface area contributed by atoms with Gasteiger partial charge in [-0.3, -0.25) is 5.32 Å². The van der Waals surface area contributed by atoms with E-state index in [0.29, 0.717) is 0 Å². The number of hydrogen-bond acceptors (Lipinski definition) is 1. The lowest BCUT2D eigenvalue weighted by molar-refractivity contribution is -0.550. The number of primary amides is 1. The van der Waals surface area contributed by atoms with Crippen LogP contribution in [0.5, 0.6) is 0 Å². The van der Waals surface area contributed by atoms with Gasteiger partial charge in [0.05, 0.1) is 6.54 Å². The van der Waals surface area contributed by atoms with E-state index in [1.54, 1.807) is 5.32 Å². The van der Waals surface area contributed by atoms with Crippen LogP contribution in [0.1, 0.15) is 6.92 Å². The largest absolute Gasteiger partial charge is 0.298 e. The molecule has 0 aromatic carbocycles. The maximum atomic E-state index is 9.35. The molecule has 0 saturated carbocycles. The van der Waals surface area contributed by atoms with E-state index in [1.807, 2.05) is 6.92 Å². The molecule has 30 valence electrons. The van der Waals surface area contributed by atoms with Gasteiger partial charge in [0, 0.05) is 0 Å². The summed E-state index contributed by atoms with van der Waals surface area (Å²) in [6.07, 6.45) is 0.806. The van der Waals surface area contributed by atoms with Crippen molar-refractivity contribution in [2.24, 2.45) is 0 Å². The van der Waals surface area contributed by atoms with Crippen molar-refractivity contribution in [3.63, 3.8) is 0 Å². The maximum absolute atomic E-state index is 9.35. The van der Waals surface area contributed by atoms with Crippen LogP contribution in [0.25, 0.3) is 0 Å². The Bertz CT molecular complexity index is 28.1. The molecule has 5 heavy (non-hydrogen) atoms. The Morgan fingerprint density at radius 1 is 2.00 bits per heavy atom. The van der Waals surface area contributed by atoms with Gasteiger partial charge in [-0.25, -0.2) is 4.79 Å². The summed E-state index contributed by atoms with van der Waals surface area (Å²) in [6, 6.07) is 0. The van der Waals surface area contributed by atoms with Crippen molar-refractivity contribution in [1.29, 1.82) is 0 Å². The summed E-state index contributed by atoms with van der Waals surface area (Å²) in [5.41, 5.74) is 0. The van der Waals surface area contributed by atoms with E-state index >= 15 is 0 Å². The van der Waals surface area contributed by atoms with Crippen molar-refractivity contribution >= 4 is 6.41 Å². The fourth-order valence-electron chi connectivity index (χ4n) is 0.0962. The van der Waals surface area contributed by atoms with E-state index in [1.165, 1.54) is 0 Å². The maximum Gasteiger partial charge on any atom is 0.298 e. The van der Waals surface area contributed by atoms with E-state index in [9.17, 15) is 4.79 Å². The summed E-state index contributed by atoms with van der Waals surface area (Å²) in [4.78, 5) is 9.35. The lowest BCUT2D eigenvalue weighted by Gasteiger charge is -1.71. The molecular weight excluding hydrogens is 66.0 g/mol. The number of hydrogen-bond donors (Lipinski definition) is 1. The Hall–Kier alpha value is -0.370. The van der Waals surface area contributed by atoms with Gasteiger partial charge < -0.3 is 0 Å². The molecule has 0 bridgehead atoms. The Morgan fingerprint density at radius 3 is 2.60 bits per heavy atom. The first kappa shape index (κ1) is 4.63. The van der Waals surface area contributed by atoms with Gasteiger partial charge in [-0.15, -0.1) is 0 Å². The lowest BCUT2D eigenvalue weighted by atomic mass is 10.8. The van der Waals surface area contributed by atoms with Gasteiger partial charge in [0.25, 0.3) is 6.41 Å². The zero-order chi connectivity index (χ0) is 4.12. The highest BCUT2D eigenvalue weighted by Gasteiger charge is 1.66. The van der Waals surface area contributed by atoms with Crippen LogP contribution in [0.3, 0.4) is 0 Å². The van der Waals surface area contributed by atoms with Crippen LogP contribution in [0, 0.1) is 0 Å². The molecule has 2 nitrogen and oxygen atoms in total. The standard InChI is InChI=1S/C3H7NO/c1-2-4-3-5/h3H,2H2,1H3,(H,4,5)/p+1. The first-order valence-corrected chi connectivity index (χ1v) is 1.68. The van der Waals surface area contributed by atoms with Crippen molar-refractivity contribution in [2.75, 3.05) is 6.54 Å². The first-order chi connectivity index (χ1) is 2.41. The van der Waals surface area contributed by atoms with E-state index < -0.39 is 0 Å². The molecule has 0 aromatic rings. The summed E-state index contributed by atoms with van der Waals surface area (Å²) in [7, 11) is 0. The molecule has 0 fully saturated rings. The molecule has 0 aliphatic heterocycles. The zero-order valence-electron chi connectivity index (χ0n) is 3.27. The number of nitrogens with two attached hydrogens (primary N) is 1. The second-order valence-electron chi connectivity index (χ2n) is 0.780. The molecule has 0 aliphatic rings. The second-order valence-corrected chi connectivity index (χ2v) is 0.780. The van der Waals surface area contributed by atoms with Crippen LogP contribution in [-0.4, -0.2) is 13.0 Å². The third-order valence-corrected chi connectivity index (χ3v) is 0.332. The summed E-state index contributed by atoms with van der Waals surface area (Å²) in [5.74, 6) is 0. The van der Waals surface area contributed by atoms with Crippen LogP contribution in [-0.2, 0) is 4.79 Å². The van der Waals surface area contributed by atoms with Crippen LogP contribution in [0.4, 0.5) is 0 Å². The normalized spacial score (nSPS) is 7.40. The van der Waals surface area contributed by atoms with Crippen LogP contribution in [0.15, 0.2) is 0 Å². The van der Waals surface area contributed by atoms with Crippen molar-refractivity contribution in [3.05, 3.63) is 0 Å². The summed E-state index contributed by atoms with van der Waals surface area (Å²) in [6.45, 7) is 2.78. The predicted octanol–water partition coefficient (Wildman–Crippen LogP) is -1.27. The molecule has 0 unspecified atom stereocenters. The highest BCUT2D eigenvalue weighted by molar-refractivity contribution is 5.31. The van der Waals surface area contributed by atoms with Gasteiger partial charge in [0.15, 0.2) is 0 Å². The van der Waals surface area contributed by atoms with Gasteiger partial charge in [0.2, 0.25) is 0 Å². The van der Waals surface area contributed by atoms with Crippen LogP contribution in [0.2, 0.25) is 0 Å². The van der Waals surface area contributed by atoms with Gasteiger partial charge >= 0.3 is 0 Å². The number of amides is 1. The van der Waals surface area contributed by atoms with Gasteiger partial charge in [-0.05, 0) is 6.92 Å². The monoisotopic (exact) mass is 74.1 g/mol. The molecule has 0 saturated heterocycles. The third kappa shape index (κ3) is 3.63. The van der Waals surface area contributed by atoms with Crippen LogP contribution >= 0.6 is 0 Å². The van der Waals surface area contributed by atoms with Gasteiger partial charge in [0.1, 0.15) is 0 Å². The molecule has 0 aliphatic carbocycles. The third-order valence-electron chi connectivity index (χ3n) is 0.332. The van der Waals surface area contributed by atoms with Crippen molar-refractivity contribution in [2.45, 2.75) is 6.92 Å². The summed E-state index contributed by atoms with van der Waals surface area (Å²) >= 11 is 0. The molecule has 2 heteroatoms. The SMILES string of the molecule is CC[NH2+]C=O. The molecule has 0 rings (SSSR count). The van der Waals surface area contributed by atoms with Crippen molar-refractivity contribution < 1.29 is 10.1 Å². The number of carbonyl (C=O) groups excluding carboxylic acids is 1. The van der Waals surface area contributed by atoms with E-state index in [4.69, 9.17) is 0 Å². The van der Waals surface area contributed by atoms with E-state index in [0.717, 1.165) is 13.0 Å². The average Bonchev–Trinajstić information content (AvgIpc) is 1.41. The molecule has 0 heterocycles. The van der Waals surface area contributed by atoms with E-state index in [-0.39, 0.29) is 0 Å². The Kier molecular flexibility index (Phi) is 3.36. The highest BCUT2D eigenvalue weighted by Crippen LogP contribution is 1.20. The fourth-order valence-corrected chi connectivity index (χ4v) is 0.0962. The molecule has 0 spiro atoms. The average molecular weight is 74.1 g/mol. The number of carbonyl (C=O) groups is 1. The minimum absolute atomic E-state index is 0.806. The second kappa shape index (κ2) is 3.63. The number of rotatable bonds is 2. The smallest absolute Gasteiger partial charge is 0.286 e. The minimum atomic E-state index is 0.806. The molecule has 1 amide bonds. The Balaban J connectivity index is 2.40. The summed E-state index contributed by atoms with van der Waals surface area (Å²) < 4.78 is 0. The first-order valence-electron chi connectivity index (χ1n) is 1.68. The van der Waals surface area contributed by atoms with E-state index in [2.05, 4.69) is 0 Å². The van der Waals surface area contributed by atoms with Gasteiger partial charge in [-0.2, -0.15) is 0 Å². The molecule has 0 radical (unpaired) electrons. The Labute approximate surface area is 31.2 Å². The number of quaternary nitrogens is 1. The lowest BCUT2D eigenvalue weighted by Crippen LogP contribution is -2.81. The quantitative estimate of drug-likeness (QED) is 0.407. The molecular formula is C3H8NO+. The summed E-state index contributed by atoms with van der Waals surface area (Å²) in [5, 5.41) is 1.57.